The molecule has 12 heteroatoms. The summed E-state index contributed by atoms with van der Waals surface area (Å²) in [4.78, 5) is 27.5. The molecule has 2 aliphatic heterocycles. The van der Waals surface area contributed by atoms with E-state index >= 15 is 0 Å². The topological polar surface area (TPSA) is 156 Å². The first kappa shape index (κ1) is 34.6. The maximum absolute atomic E-state index is 13.1. The van der Waals surface area contributed by atoms with E-state index in [2.05, 4.69) is 42.0 Å². The number of carbonyl (C=O) groups is 2. The molecular weight excluding hydrogens is 545 g/mol. The van der Waals surface area contributed by atoms with Crippen molar-refractivity contribution in [1.82, 2.24) is 26.2 Å². The minimum atomic E-state index is -0.368. The van der Waals surface area contributed by atoms with Crippen molar-refractivity contribution in [3.8, 4) is 0 Å². The molecule has 2 bridgehead atoms. The van der Waals surface area contributed by atoms with Crippen LogP contribution in [-0.2, 0) is 18.9 Å². The highest BCUT2D eigenvalue weighted by Gasteiger charge is 2.69. The van der Waals surface area contributed by atoms with Gasteiger partial charge in [0, 0.05) is 39.1 Å². The highest BCUT2D eigenvalue weighted by atomic mass is 16.7. The van der Waals surface area contributed by atoms with Crippen molar-refractivity contribution in [2.24, 2.45) is 34.6 Å². The Morgan fingerprint density at radius 2 is 1.72 bits per heavy atom. The minimum absolute atomic E-state index is 0.0355. The van der Waals surface area contributed by atoms with E-state index < -0.39 is 0 Å². The summed E-state index contributed by atoms with van der Waals surface area (Å²) in [6, 6.07) is 0. The molecule has 246 valence electrons. The van der Waals surface area contributed by atoms with Crippen molar-refractivity contribution in [2.75, 3.05) is 65.4 Å². The third kappa shape index (κ3) is 8.71. The molecule has 2 saturated heterocycles. The van der Waals surface area contributed by atoms with Gasteiger partial charge in [-0.3, -0.25) is 9.59 Å². The normalized spacial score (nSPS) is 29.2. The fraction of sp³-hybridized carbons (Fsp3) is 0.935. The average Bonchev–Trinajstić information content (AvgIpc) is 3.61. The Hall–Kier alpha value is -1.28. The van der Waals surface area contributed by atoms with Gasteiger partial charge in [0.25, 0.3) is 0 Å². The largest absolute Gasteiger partial charge is 0.481 e. The second kappa shape index (κ2) is 16.3. The summed E-state index contributed by atoms with van der Waals surface area (Å²) >= 11 is 0. The van der Waals surface area contributed by atoms with E-state index in [1.165, 1.54) is 6.42 Å². The zero-order chi connectivity index (χ0) is 30.9. The van der Waals surface area contributed by atoms with Gasteiger partial charge in [0.15, 0.2) is 0 Å². The number of nitrogens with two attached hydrogens (primary N) is 2. The molecule has 5 fully saturated rings. The molecule has 3 aliphatic carbocycles. The minimum Gasteiger partial charge on any atom is -0.404 e. The molecule has 0 radical (unpaired) electrons. The summed E-state index contributed by atoms with van der Waals surface area (Å²) in [7, 11) is -0.368. The molecule has 0 aromatic heterocycles. The lowest BCUT2D eigenvalue weighted by Gasteiger charge is -2.64. The van der Waals surface area contributed by atoms with Gasteiger partial charge in [-0.15, -0.1) is 0 Å². The zero-order valence-electron chi connectivity index (χ0n) is 27.1. The quantitative estimate of drug-likeness (QED) is 0.0865. The molecule has 43 heavy (non-hydrogen) atoms. The first-order valence-electron chi connectivity index (χ1n) is 17.1. The van der Waals surface area contributed by atoms with Gasteiger partial charge in [-0.2, -0.15) is 0 Å². The monoisotopic (exact) mass is 605 g/mol. The molecule has 1 unspecified atom stereocenters. The van der Waals surface area contributed by atoms with E-state index in [-0.39, 0.29) is 43.1 Å². The molecule has 5 atom stereocenters. The molecule has 11 nitrogen and oxygen atoms in total. The van der Waals surface area contributed by atoms with Gasteiger partial charge in [0.05, 0.1) is 24.2 Å². The third-order valence-corrected chi connectivity index (χ3v) is 10.8. The van der Waals surface area contributed by atoms with Crippen molar-refractivity contribution < 1.29 is 18.9 Å². The molecule has 2 heterocycles. The van der Waals surface area contributed by atoms with Crippen LogP contribution in [0, 0.1) is 23.2 Å². The number of unbranched alkanes of at least 4 members (excludes halogenated alkanes) is 2. The summed E-state index contributed by atoms with van der Waals surface area (Å²) in [6.07, 6.45) is 8.58. The fourth-order valence-electron chi connectivity index (χ4n) is 8.05. The van der Waals surface area contributed by atoms with Gasteiger partial charge in [0.2, 0.25) is 11.8 Å². The summed E-state index contributed by atoms with van der Waals surface area (Å²) in [6.45, 7) is 14.5. The number of amides is 2. The summed E-state index contributed by atoms with van der Waals surface area (Å²) < 4.78 is 13.1. The van der Waals surface area contributed by atoms with E-state index in [9.17, 15) is 9.59 Å². The predicted molar refractivity (Wildman–Crippen MR) is 171 cm³/mol. The SMILES string of the molecule is CC1(C)[C@@H]2CC3OB([C@@H]4CCCN4C(=O)CNC(=O)CCCCCNCCC(CNCCN)CNCCN)O[C@@]3(C)[C@H]1C2. The van der Waals surface area contributed by atoms with Crippen LogP contribution in [-0.4, -0.2) is 107 Å². The van der Waals surface area contributed by atoms with Crippen LogP contribution >= 0.6 is 0 Å². The average molecular weight is 606 g/mol. The number of hydrogen-bond acceptors (Lipinski definition) is 9. The Morgan fingerprint density at radius 3 is 2.42 bits per heavy atom. The first-order valence-corrected chi connectivity index (χ1v) is 17.1. The van der Waals surface area contributed by atoms with Gasteiger partial charge in [-0.25, -0.2) is 0 Å². The van der Waals surface area contributed by atoms with E-state index in [1.807, 2.05) is 4.90 Å². The second-order valence-corrected chi connectivity index (χ2v) is 14.1. The second-order valence-electron chi connectivity index (χ2n) is 14.1. The predicted octanol–water partition coefficient (Wildman–Crippen LogP) is 0.614. The highest BCUT2D eigenvalue weighted by Crippen LogP contribution is 2.65. The van der Waals surface area contributed by atoms with E-state index in [0.717, 1.165) is 84.2 Å². The van der Waals surface area contributed by atoms with Gasteiger partial charge < -0.3 is 46.9 Å². The zero-order valence-corrected chi connectivity index (χ0v) is 27.1. The lowest BCUT2D eigenvalue weighted by atomic mass is 9.43. The molecule has 3 saturated carbocycles. The Labute approximate surface area is 260 Å². The van der Waals surface area contributed by atoms with Gasteiger partial charge in [-0.05, 0) is 101 Å². The van der Waals surface area contributed by atoms with Crippen LogP contribution in [0.4, 0.5) is 0 Å². The lowest BCUT2D eigenvalue weighted by molar-refractivity contribution is -0.199. The molecule has 2 amide bonds. The maximum atomic E-state index is 13.1. The van der Waals surface area contributed by atoms with Crippen LogP contribution in [0.2, 0.25) is 0 Å². The van der Waals surface area contributed by atoms with Gasteiger partial charge in [0.1, 0.15) is 0 Å². The maximum Gasteiger partial charge on any atom is 0.481 e. The highest BCUT2D eigenvalue weighted by molar-refractivity contribution is 6.48. The Bertz CT molecular complexity index is 888. The van der Waals surface area contributed by atoms with Crippen LogP contribution in [0.25, 0.3) is 0 Å². The van der Waals surface area contributed by atoms with Crippen LogP contribution in [0.1, 0.15) is 78.6 Å². The summed E-state index contributed by atoms with van der Waals surface area (Å²) in [5, 5.41) is 13.2. The van der Waals surface area contributed by atoms with E-state index in [4.69, 9.17) is 20.8 Å². The van der Waals surface area contributed by atoms with Crippen molar-refractivity contribution >= 4 is 18.9 Å². The summed E-state index contributed by atoms with van der Waals surface area (Å²) in [5.74, 6) is 1.59. The van der Waals surface area contributed by atoms with Crippen LogP contribution in [0.5, 0.6) is 0 Å². The molecule has 0 aromatic rings. The Balaban J connectivity index is 1.06. The van der Waals surface area contributed by atoms with Crippen LogP contribution in [0.3, 0.4) is 0 Å². The number of likely N-dealkylation sites (tertiary alicyclic amines) is 1. The van der Waals surface area contributed by atoms with Crippen LogP contribution < -0.4 is 32.7 Å². The number of nitrogens with zero attached hydrogens (tertiary/aromatic N) is 1. The number of hydrogen-bond donors (Lipinski definition) is 6. The third-order valence-electron chi connectivity index (χ3n) is 10.8. The van der Waals surface area contributed by atoms with E-state index in [1.54, 1.807) is 0 Å². The number of carbonyl (C=O) groups excluding carboxylic acids is 2. The Morgan fingerprint density at radius 1 is 0.977 bits per heavy atom. The fourth-order valence-corrected chi connectivity index (χ4v) is 8.05. The molecule has 5 aliphatic rings. The van der Waals surface area contributed by atoms with Crippen molar-refractivity contribution in [3.05, 3.63) is 0 Å². The van der Waals surface area contributed by atoms with Crippen molar-refractivity contribution in [2.45, 2.75) is 96.2 Å². The number of nitrogens with one attached hydrogen (secondary N) is 4. The van der Waals surface area contributed by atoms with Crippen molar-refractivity contribution in [1.29, 1.82) is 0 Å². The standard InChI is InChI=1S/C31H60BN7O4/c1-30(2)24-18-25(30)31(3)26(19-24)42-32(43-31)27-8-7-17-39(27)29(41)22-38-28(40)9-5-4-6-13-35-14-10-23(20-36-15-11-33)21-37-16-12-34/h23-27,35-37H,4-22,33-34H2,1-3H3,(H,38,40)/t24-,25-,26?,27-,31-/m0/s1. The number of rotatable bonds is 20. The first-order chi connectivity index (χ1) is 20.7. The molecule has 8 N–H and O–H groups in total. The van der Waals surface area contributed by atoms with Gasteiger partial charge >= 0.3 is 7.12 Å². The van der Waals surface area contributed by atoms with Gasteiger partial charge in [-0.1, -0.05) is 20.3 Å². The van der Waals surface area contributed by atoms with Crippen LogP contribution in [0.15, 0.2) is 0 Å². The smallest absolute Gasteiger partial charge is 0.404 e. The lowest BCUT2D eigenvalue weighted by Crippen LogP contribution is -2.65. The summed E-state index contributed by atoms with van der Waals surface area (Å²) in [5.41, 5.74) is 11.2. The molecule has 0 spiro atoms. The molecule has 0 aromatic carbocycles. The molecular formula is C31H60BN7O4. The van der Waals surface area contributed by atoms with Crippen molar-refractivity contribution in [3.63, 3.8) is 0 Å². The molecule has 5 rings (SSSR count). The van der Waals surface area contributed by atoms with E-state index in [0.29, 0.717) is 49.2 Å². The Kier molecular flexibility index (Phi) is 13.1.